The Morgan fingerprint density at radius 2 is 2.17 bits per heavy atom. The van der Waals surface area contributed by atoms with E-state index in [-0.39, 0.29) is 11.7 Å². The number of para-hydroxylation sites is 1. The number of amides is 1. The Morgan fingerprint density at radius 3 is 3.00 bits per heavy atom. The van der Waals surface area contributed by atoms with Crippen LogP contribution in [0.2, 0.25) is 0 Å². The van der Waals surface area contributed by atoms with E-state index in [1.54, 1.807) is 23.2 Å². The second-order valence-corrected chi connectivity index (χ2v) is 7.89. The molecule has 0 atom stereocenters. The molecule has 0 saturated heterocycles. The molecule has 124 valence electrons. The summed E-state index contributed by atoms with van der Waals surface area (Å²) in [5.41, 5.74) is 2.66. The predicted octanol–water partition coefficient (Wildman–Crippen LogP) is 4.14. The number of thiophene rings is 1. The molecule has 1 aliphatic rings. The van der Waals surface area contributed by atoms with Crippen molar-refractivity contribution in [2.75, 3.05) is 18.2 Å². The Hall–Kier alpha value is -1.77. The minimum Gasteiger partial charge on any atom is -0.465 e. The van der Waals surface area contributed by atoms with E-state index in [9.17, 15) is 9.59 Å². The molecule has 0 spiro atoms. The van der Waals surface area contributed by atoms with Crippen molar-refractivity contribution in [3.05, 3.63) is 46.2 Å². The van der Waals surface area contributed by atoms with Gasteiger partial charge in [0.15, 0.2) is 0 Å². The lowest BCUT2D eigenvalue weighted by molar-refractivity contribution is -0.113. The topological polar surface area (TPSA) is 67.8 Å². The Morgan fingerprint density at radius 1 is 1.33 bits per heavy atom. The largest absolute Gasteiger partial charge is 0.465 e. The molecule has 0 radical (unpaired) electrons. The SMILES string of the molecule is COC(=O)c1sccc1NC(=O)CSC1=Nc2ccccc2CS1. The number of aliphatic imine (C=N–C) groups is 1. The second-order valence-electron chi connectivity index (χ2n) is 4.79. The molecule has 2 aromatic rings. The Bertz CT molecular complexity index is 801. The van der Waals surface area contributed by atoms with Gasteiger partial charge in [-0.25, -0.2) is 9.79 Å². The van der Waals surface area contributed by atoms with Crippen molar-refractivity contribution in [1.29, 1.82) is 0 Å². The molecule has 24 heavy (non-hydrogen) atoms. The molecule has 1 aromatic heterocycles. The molecular weight excluding hydrogens is 364 g/mol. The highest BCUT2D eigenvalue weighted by atomic mass is 32.2. The molecule has 0 unspecified atom stereocenters. The smallest absolute Gasteiger partial charge is 0.350 e. The predicted molar refractivity (Wildman–Crippen MR) is 102 cm³/mol. The van der Waals surface area contributed by atoms with Crippen LogP contribution in [0.5, 0.6) is 0 Å². The Labute approximate surface area is 151 Å². The standard InChI is InChI=1S/C16H14N2O3S3/c1-21-15(20)14-12(6-7-22-14)17-13(19)9-24-16-18-11-5-3-2-4-10(11)8-23-16/h2-7H,8-9H2,1H3,(H,17,19). The number of benzene rings is 1. The van der Waals surface area contributed by atoms with Crippen LogP contribution in [0.25, 0.3) is 0 Å². The van der Waals surface area contributed by atoms with Crippen molar-refractivity contribution in [3.63, 3.8) is 0 Å². The van der Waals surface area contributed by atoms with E-state index in [1.807, 2.05) is 18.2 Å². The monoisotopic (exact) mass is 378 g/mol. The van der Waals surface area contributed by atoms with Gasteiger partial charge in [0.25, 0.3) is 0 Å². The molecule has 1 N–H and O–H groups in total. The van der Waals surface area contributed by atoms with Crippen molar-refractivity contribution in [3.8, 4) is 0 Å². The highest BCUT2D eigenvalue weighted by Gasteiger charge is 2.17. The van der Waals surface area contributed by atoms with Crippen molar-refractivity contribution >= 4 is 62.5 Å². The lowest BCUT2D eigenvalue weighted by Gasteiger charge is -2.14. The van der Waals surface area contributed by atoms with Crippen molar-refractivity contribution in [2.24, 2.45) is 4.99 Å². The normalized spacial score (nSPS) is 13.0. The number of anilines is 1. The van der Waals surface area contributed by atoms with Crippen LogP contribution >= 0.6 is 34.9 Å². The zero-order chi connectivity index (χ0) is 16.9. The van der Waals surface area contributed by atoms with Gasteiger partial charge in [0.05, 0.1) is 24.2 Å². The number of rotatable bonds is 4. The summed E-state index contributed by atoms with van der Waals surface area (Å²) in [6.07, 6.45) is 0. The summed E-state index contributed by atoms with van der Waals surface area (Å²) in [5, 5.41) is 4.49. The van der Waals surface area contributed by atoms with Gasteiger partial charge in [-0.3, -0.25) is 4.79 Å². The molecule has 0 fully saturated rings. The fourth-order valence-corrected chi connectivity index (χ4v) is 4.69. The Balaban J connectivity index is 1.58. The fourth-order valence-electron chi connectivity index (χ4n) is 2.06. The first-order valence-electron chi connectivity index (χ1n) is 7.05. The van der Waals surface area contributed by atoms with E-state index in [0.717, 1.165) is 15.8 Å². The summed E-state index contributed by atoms with van der Waals surface area (Å²) in [6, 6.07) is 9.69. The highest BCUT2D eigenvalue weighted by molar-refractivity contribution is 8.38. The van der Waals surface area contributed by atoms with Crippen LogP contribution < -0.4 is 5.32 Å². The number of thioether (sulfide) groups is 2. The first-order chi connectivity index (χ1) is 11.7. The van der Waals surface area contributed by atoms with Crippen LogP contribution in [0.4, 0.5) is 11.4 Å². The van der Waals surface area contributed by atoms with Crippen molar-refractivity contribution in [2.45, 2.75) is 5.75 Å². The Kier molecular flexibility index (Phi) is 5.60. The number of esters is 1. The van der Waals surface area contributed by atoms with E-state index in [0.29, 0.717) is 10.6 Å². The number of methoxy groups -OCH3 is 1. The lowest BCUT2D eigenvalue weighted by Crippen LogP contribution is -2.16. The molecular formula is C16H14N2O3S3. The number of nitrogens with one attached hydrogen (secondary N) is 1. The number of fused-ring (bicyclic) bond motifs is 1. The first kappa shape index (κ1) is 17.1. The molecule has 1 aliphatic heterocycles. The van der Waals surface area contributed by atoms with E-state index in [4.69, 9.17) is 4.74 Å². The highest BCUT2D eigenvalue weighted by Crippen LogP contribution is 2.34. The van der Waals surface area contributed by atoms with Crippen LogP contribution in [0.1, 0.15) is 15.2 Å². The molecule has 1 aromatic carbocycles. The first-order valence-corrected chi connectivity index (χ1v) is 9.90. The van der Waals surface area contributed by atoms with E-state index in [1.165, 1.54) is 35.8 Å². The molecule has 0 aliphatic carbocycles. The molecule has 3 rings (SSSR count). The maximum absolute atomic E-state index is 12.1. The van der Waals surface area contributed by atoms with E-state index in [2.05, 4.69) is 16.4 Å². The average Bonchev–Trinajstić information content (AvgIpc) is 3.07. The number of ether oxygens (including phenoxy) is 1. The maximum Gasteiger partial charge on any atom is 0.350 e. The number of hydrogen-bond donors (Lipinski definition) is 1. The van der Waals surface area contributed by atoms with Crippen molar-refractivity contribution < 1.29 is 14.3 Å². The number of carbonyl (C=O) groups excluding carboxylic acids is 2. The van der Waals surface area contributed by atoms with Crippen LogP contribution in [0.15, 0.2) is 40.7 Å². The van der Waals surface area contributed by atoms with Gasteiger partial charge >= 0.3 is 5.97 Å². The summed E-state index contributed by atoms with van der Waals surface area (Å²) in [6.45, 7) is 0. The molecule has 1 amide bonds. The maximum atomic E-state index is 12.1. The van der Waals surface area contributed by atoms with E-state index >= 15 is 0 Å². The third-order valence-electron chi connectivity index (χ3n) is 3.19. The van der Waals surface area contributed by atoms with Crippen LogP contribution in [-0.2, 0) is 15.3 Å². The molecule has 5 nitrogen and oxygen atoms in total. The van der Waals surface area contributed by atoms with Gasteiger partial charge in [-0.1, -0.05) is 41.7 Å². The summed E-state index contributed by atoms with van der Waals surface area (Å²) in [7, 11) is 1.32. The van der Waals surface area contributed by atoms with Gasteiger partial charge in [-0.15, -0.1) is 11.3 Å². The minimum atomic E-state index is -0.447. The van der Waals surface area contributed by atoms with Crippen LogP contribution in [0.3, 0.4) is 0 Å². The van der Waals surface area contributed by atoms with Gasteiger partial charge < -0.3 is 10.1 Å². The number of nitrogens with zero attached hydrogens (tertiary/aromatic N) is 1. The van der Waals surface area contributed by atoms with Crippen LogP contribution in [-0.4, -0.2) is 29.1 Å². The second kappa shape index (κ2) is 7.87. The summed E-state index contributed by atoms with van der Waals surface area (Å²) >= 11 is 4.27. The van der Waals surface area contributed by atoms with Gasteiger partial charge in [0.2, 0.25) is 5.91 Å². The van der Waals surface area contributed by atoms with Crippen molar-refractivity contribution in [1.82, 2.24) is 0 Å². The number of carbonyl (C=O) groups is 2. The molecule has 0 bridgehead atoms. The average molecular weight is 379 g/mol. The summed E-state index contributed by atoms with van der Waals surface area (Å²) in [4.78, 5) is 28.7. The molecule has 8 heteroatoms. The number of hydrogen-bond acceptors (Lipinski definition) is 7. The summed E-state index contributed by atoms with van der Waals surface area (Å²) in [5.74, 6) is 0.480. The lowest BCUT2D eigenvalue weighted by atomic mass is 10.2. The fraction of sp³-hybridized carbons (Fsp3) is 0.188. The van der Waals surface area contributed by atoms with Gasteiger partial charge in [-0.05, 0) is 23.1 Å². The van der Waals surface area contributed by atoms with Gasteiger partial charge in [-0.2, -0.15) is 0 Å². The van der Waals surface area contributed by atoms with Gasteiger partial charge in [0.1, 0.15) is 9.25 Å². The molecule has 0 saturated carbocycles. The zero-order valence-electron chi connectivity index (χ0n) is 12.8. The summed E-state index contributed by atoms with van der Waals surface area (Å²) < 4.78 is 5.57. The zero-order valence-corrected chi connectivity index (χ0v) is 15.2. The minimum absolute atomic E-state index is 0.175. The van der Waals surface area contributed by atoms with Crippen LogP contribution in [0, 0.1) is 0 Å². The third kappa shape index (κ3) is 4.00. The van der Waals surface area contributed by atoms with E-state index < -0.39 is 5.97 Å². The van der Waals surface area contributed by atoms with Gasteiger partial charge in [0, 0.05) is 5.75 Å². The third-order valence-corrected chi connectivity index (χ3v) is 6.33. The quantitative estimate of drug-likeness (QED) is 0.810. The molecule has 2 heterocycles.